The van der Waals surface area contributed by atoms with Gasteiger partial charge in [-0.3, -0.25) is 19.3 Å². The highest BCUT2D eigenvalue weighted by atomic mass is 32.2. The summed E-state index contributed by atoms with van der Waals surface area (Å²) < 4.78 is 0. The van der Waals surface area contributed by atoms with E-state index < -0.39 is 0 Å². The van der Waals surface area contributed by atoms with Gasteiger partial charge in [0.2, 0.25) is 11.8 Å². The number of imide groups is 1. The smallest absolute Gasteiger partial charge is 0.289 e. The Bertz CT molecular complexity index is 606. The molecule has 156 valence electrons. The fraction of sp³-hybridized carbons (Fsp3) is 0.857. The second-order valence-electron chi connectivity index (χ2n) is 9.27. The van der Waals surface area contributed by atoms with Crippen LogP contribution in [0.4, 0.5) is 4.79 Å². The zero-order valence-corrected chi connectivity index (χ0v) is 17.7. The fourth-order valence-corrected chi connectivity index (χ4v) is 6.32. The summed E-state index contributed by atoms with van der Waals surface area (Å²) in [7, 11) is 0. The van der Waals surface area contributed by atoms with Crippen molar-refractivity contribution in [2.75, 3.05) is 45.0 Å². The molecular weight excluding hydrogens is 374 g/mol. The van der Waals surface area contributed by atoms with Crippen molar-refractivity contribution in [3.05, 3.63) is 0 Å². The van der Waals surface area contributed by atoms with Crippen LogP contribution in [0.15, 0.2) is 0 Å². The van der Waals surface area contributed by atoms with E-state index in [9.17, 15) is 14.4 Å². The van der Waals surface area contributed by atoms with E-state index in [-0.39, 0.29) is 34.8 Å². The van der Waals surface area contributed by atoms with E-state index >= 15 is 0 Å². The van der Waals surface area contributed by atoms with Crippen molar-refractivity contribution in [3.63, 3.8) is 0 Å². The van der Waals surface area contributed by atoms with Crippen molar-refractivity contribution in [3.8, 4) is 0 Å². The molecule has 7 heteroatoms. The molecule has 0 N–H and O–H groups in total. The van der Waals surface area contributed by atoms with Gasteiger partial charge in [0.25, 0.3) is 5.24 Å². The van der Waals surface area contributed by atoms with Crippen molar-refractivity contribution in [1.29, 1.82) is 0 Å². The normalized spacial score (nSPS) is 30.0. The minimum atomic E-state index is -0.279. The maximum atomic E-state index is 12.7. The van der Waals surface area contributed by atoms with E-state index in [1.54, 1.807) is 0 Å². The molecule has 4 rings (SSSR count). The molecule has 3 heterocycles. The van der Waals surface area contributed by atoms with Crippen LogP contribution in [0.25, 0.3) is 0 Å². The lowest BCUT2D eigenvalue weighted by Crippen LogP contribution is -2.47. The Morgan fingerprint density at radius 1 is 1.04 bits per heavy atom. The van der Waals surface area contributed by atoms with Crippen LogP contribution in [0, 0.1) is 11.3 Å². The Balaban J connectivity index is 1.27. The molecule has 1 atom stereocenters. The molecule has 0 unspecified atom stereocenters. The number of carbonyl (C=O) groups is 3. The average Bonchev–Trinajstić information content (AvgIpc) is 3.25. The highest BCUT2D eigenvalue weighted by Crippen LogP contribution is 2.39. The summed E-state index contributed by atoms with van der Waals surface area (Å²) in [5, 5.41) is -0.279. The summed E-state index contributed by atoms with van der Waals surface area (Å²) in [6.45, 7) is 4.96. The van der Waals surface area contributed by atoms with Crippen LogP contribution in [0.5, 0.6) is 0 Å². The molecule has 3 aliphatic heterocycles. The van der Waals surface area contributed by atoms with E-state index in [1.165, 1.54) is 64.5 Å². The molecule has 0 aromatic heterocycles. The zero-order valence-electron chi connectivity index (χ0n) is 16.9. The van der Waals surface area contributed by atoms with Gasteiger partial charge in [-0.1, -0.05) is 43.9 Å². The molecule has 1 aliphatic carbocycles. The third-order valence-corrected chi connectivity index (χ3v) is 8.10. The van der Waals surface area contributed by atoms with Crippen molar-refractivity contribution in [2.45, 2.75) is 57.8 Å². The summed E-state index contributed by atoms with van der Waals surface area (Å²) in [6.07, 6.45) is 11.8. The molecule has 0 aromatic carbocycles. The van der Waals surface area contributed by atoms with Crippen molar-refractivity contribution >= 4 is 28.8 Å². The molecule has 28 heavy (non-hydrogen) atoms. The van der Waals surface area contributed by atoms with Gasteiger partial charge in [-0.05, 0) is 44.7 Å². The molecule has 4 aliphatic rings. The predicted octanol–water partition coefficient (Wildman–Crippen LogP) is 2.97. The van der Waals surface area contributed by atoms with Crippen LogP contribution in [0.2, 0.25) is 0 Å². The molecule has 1 saturated carbocycles. The fourth-order valence-electron chi connectivity index (χ4n) is 5.59. The molecule has 3 amide bonds. The monoisotopic (exact) mass is 407 g/mol. The predicted molar refractivity (Wildman–Crippen MR) is 110 cm³/mol. The van der Waals surface area contributed by atoms with Gasteiger partial charge in [-0.25, -0.2) is 0 Å². The molecule has 0 aromatic rings. The molecular formula is C21H33N3O3S. The lowest BCUT2D eigenvalue weighted by Gasteiger charge is -2.41. The SMILES string of the molecule is O=C(CN1C(=O)CSC1=O)N1CC[C@]2(CCCN(CCC3CCCCC3)C2)C1. The number of rotatable bonds is 5. The largest absolute Gasteiger partial charge is 0.341 e. The van der Waals surface area contributed by atoms with Crippen molar-refractivity contribution < 1.29 is 14.4 Å². The van der Waals surface area contributed by atoms with Crippen LogP contribution < -0.4 is 0 Å². The van der Waals surface area contributed by atoms with E-state index in [0.717, 1.165) is 48.6 Å². The minimum absolute atomic E-state index is 0.0691. The van der Waals surface area contributed by atoms with E-state index in [0.29, 0.717) is 0 Å². The van der Waals surface area contributed by atoms with E-state index in [4.69, 9.17) is 0 Å². The second kappa shape index (κ2) is 8.74. The van der Waals surface area contributed by atoms with E-state index in [1.807, 2.05) is 4.90 Å². The molecule has 0 radical (unpaired) electrons. The first-order chi connectivity index (χ1) is 13.5. The van der Waals surface area contributed by atoms with Crippen LogP contribution in [0.1, 0.15) is 57.8 Å². The summed E-state index contributed by atoms with van der Waals surface area (Å²) in [6, 6.07) is 0. The number of hydrogen-bond donors (Lipinski definition) is 0. The lowest BCUT2D eigenvalue weighted by atomic mass is 9.79. The highest BCUT2D eigenvalue weighted by molar-refractivity contribution is 8.14. The molecule has 0 bridgehead atoms. The number of carbonyl (C=O) groups excluding carboxylic acids is 3. The Hall–Kier alpha value is -1.08. The molecule has 4 fully saturated rings. The van der Waals surface area contributed by atoms with Gasteiger partial charge in [0.05, 0.1) is 5.75 Å². The van der Waals surface area contributed by atoms with E-state index in [2.05, 4.69) is 4.90 Å². The number of amides is 3. The maximum Gasteiger partial charge on any atom is 0.289 e. The van der Waals surface area contributed by atoms with Gasteiger partial charge < -0.3 is 9.80 Å². The van der Waals surface area contributed by atoms with Crippen LogP contribution in [-0.2, 0) is 9.59 Å². The lowest BCUT2D eigenvalue weighted by molar-refractivity contribution is -0.136. The highest BCUT2D eigenvalue weighted by Gasteiger charge is 2.43. The summed E-state index contributed by atoms with van der Waals surface area (Å²) in [4.78, 5) is 41.9. The Kier molecular flexibility index (Phi) is 6.30. The van der Waals surface area contributed by atoms with Crippen LogP contribution >= 0.6 is 11.8 Å². The van der Waals surface area contributed by atoms with Gasteiger partial charge in [0.1, 0.15) is 6.54 Å². The molecule has 6 nitrogen and oxygen atoms in total. The number of piperidine rings is 1. The Labute approximate surface area is 172 Å². The standard InChI is InChI=1S/C21H33N3O3S/c25-18(13-24-19(26)14-28-20(24)27)23-12-9-21(16-23)8-4-10-22(15-21)11-7-17-5-2-1-3-6-17/h17H,1-16H2/t21-/m0/s1. The average molecular weight is 408 g/mol. The van der Waals surface area contributed by atoms with Gasteiger partial charge in [0.15, 0.2) is 0 Å². The summed E-state index contributed by atoms with van der Waals surface area (Å²) >= 11 is 0.997. The third kappa shape index (κ3) is 4.56. The minimum Gasteiger partial charge on any atom is -0.341 e. The van der Waals surface area contributed by atoms with Crippen LogP contribution in [-0.4, -0.2) is 76.8 Å². The van der Waals surface area contributed by atoms with Crippen LogP contribution in [0.3, 0.4) is 0 Å². The quantitative estimate of drug-likeness (QED) is 0.701. The van der Waals surface area contributed by atoms with Gasteiger partial charge in [0, 0.05) is 25.0 Å². The first-order valence-electron chi connectivity index (χ1n) is 11.0. The topological polar surface area (TPSA) is 60.9 Å². The molecule has 3 saturated heterocycles. The number of likely N-dealkylation sites (tertiary alicyclic amines) is 2. The van der Waals surface area contributed by atoms with Crippen molar-refractivity contribution in [1.82, 2.24) is 14.7 Å². The first-order valence-corrected chi connectivity index (χ1v) is 12.0. The summed E-state index contributed by atoms with van der Waals surface area (Å²) in [5.41, 5.74) is 0.217. The maximum absolute atomic E-state index is 12.7. The number of hydrogen-bond acceptors (Lipinski definition) is 5. The summed E-state index contributed by atoms with van der Waals surface area (Å²) in [5.74, 6) is 0.789. The Morgan fingerprint density at radius 2 is 1.86 bits per heavy atom. The zero-order chi connectivity index (χ0) is 19.6. The first kappa shape index (κ1) is 20.2. The molecule has 1 spiro atoms. The third-order valence-electron chi connectivity index (χ3n) is 7.24. The van der Waals surface area contributed by atoms with Gasteiger partial charge in [-0.15, -0.1) is 0 Å². The van der Waals surface area contributed by atoms with Gasteiger partial charge in [-0.2, -0.15) is 0 Å². The number of thioether (sulfide) groups is 1. The second-order valence-corrected chi connectivity index (χ2v) is 10.2. The number of nitrogens with zero attached hydrogens (tertiary/aromatic N) is 3. The Morgan fingerprint density at radius 3 is 2.61 bits per heavy atom. The van der Waals surface area contributed by atoms with Gasteiger partial charge >= 0.3 is 0 Å². The van der Waals surface area contributed by atoms with Crippen molar-refractivity contribution in [2.24, 2.45) is 11.3 Å².